The molecule has 3 aromatic rings. The number of nitrogens with zero attached hydrogens (tertiary/aromatic N) is 3. The third kappa shape index (κ3) is 4.66. The summed E-state index contributed by atoms with van der Waals surface area (Å²) in [4.78, 5) is 10.5. The predicted molar refractivity (Wildman–Crippen MR) is 125 cm³/mol. The normalized spacial score (nSPS) is 15.0. The summed E-state index contributed by atoms with van der Waals surface area (Å²) < 4.78 is 31.5. The first kappa shape index (κ1) is 22.4. The summed E-state index contributed by atoms with van der Waals surface area (Å²) in [7, 11) is -2.61. The van der Waals surface area contributed by atoms with E-state index in [1.54, 1.807) is 6.07 Å². The Hall–Kier alpha value is -2.84. The van der Waals surface area contributed by atoms with Gasteiger partial charge in [0.25, 0.3) is 0 Å². The van der Waals surface area contributed by atoms with Crippen molar-refractivity contribution in [3.8, 4) is 5.75 Å². The minimum Gasteiger partial charge on any atom is -0.495 e. The molecule has 168 valence electrons. The SMILES string of the molecule is COc1ccc(Cl)cc1S(=O)(=O)c1cnc(N2CCC(Cc3ccccc3)CC2)nc1N. The van der Waals surface area contributed by atoms with E-state index in [9.17, 15) is 8.42 Å². The molecular formula is C23H25ClN4O3S. The molecule has 7 nitrogen and oxygen atoms in total. The molecule has 2 heterocycles. The molecule has 4 rings (SSSR count). The Morgan fingerprint density at radius 2 is 1.84 bits per heavy atom. The van der Waals surface area contributed by atoms with Crippen LogP contribution in [0.1, 0.15) is 18.4 Å². The van der Waals surface area contributed by atoms with Crippen molar-refractivity contribution in [2.45, 2.75) is 29.1 Å². The van der Waals surface area contributed by atoms with E-state index in [4.69, 9.17) is 22.1 Å². The number of sulfone groups is 1. The number of aromatic nitrogens is 2. The highest BCUT2D eigenvalue weighted by Crippen LogP contribution is 2.34. The van der Waals surface area contributed by atoms with E-state index < -0.39 is 9.84 Å². The van der Waals surface area contributed by atoms with Gasteiger partial charge < -0.3 is 15.4 Å². The minimum absolute atomic E-state index is 0.0720. The van der Waals surface area contributed by atoms with E-state index in [-0.39, 0.29) is 26.4 Å². The minimum atomic E-state index is -4.00. The van der Waals surface area contributed by atoms with E-state index in [2.05, 4.69) is 34.2 Å². The maximum absolute atomic E-state index is 13.2. The van der Waals surface area contributed by atoms with E-state index in [1.807, 2.05) is 11.0 Å². The van der Waals surface area contributed by atoms with Crippen LogP contribution in [0, 0.1) is 5.92 Å². The van der Waals surface area contributed by atoms with Gasteiger partial charge in [0.15, 0.2) is 0 Å². The third-order valence-corrected chi connectivity index (χ3v) is 7.77. The van der Waals surface area contributed by atoms with Gasteiger partial charge in [0.2, 0.25) is 15.8 Å². The molecule has 0 spiro atoms. The molecule has 0 saturated carbocycles. The number of halogens is 1. The first-order valence-electron chi connectivity index (χ1n) is 10.4. The summed E-state index contributed by atoms with van der Waals surface area (Å²) in [5.74, 6) is 1.13. The third-order valence-electron chi connectivity index (χ3n) is 5.74. The quantitative estimate of drug-likeness (QED) is 0.578. The maximum atomic E-state index is 13.2. The number of benzene rings is 2. The van der Waals surface area contributed by atoms with Crippen molar-refractivity contribution in [3.63, 3.8) is 0 Å². The van der Waals surface area contributed by atoms with Crippen LogP contribution in [0.15, 0.2) is 64.5 Å². The number of methoxy groups -OCH3 is 1. The van der Waals surface area contributed by atoms with Gasteiger partial charge in [-0.1, -0.05) is 41.9 Å². The number of piperidine rings is 1. The molecule has 32 heavy (non-hydrogen) atoms. The van der Waals surface area contributed by atoms with Crippen molar-refractivity contribution in [2.75, 3.05) is 30.8 Å². The molecule has 0 unspecified atom stereocenters. The number of nitrogen functional groups attached to an aromatic ring is 1. The molecule has 0 amide bonds. The van der Waals surface area contributed by atoms with Crippen LogP contribution in [0.5, 0.6) is 5.75 Å². The van der Waals surface area contributed by atoms with E-state index in [1.165, 1.54) is 31.0 Å². The number of rotatable bonds is 6. The Kier molecular flexibility index (Phi) is 6.53. The summed E-state index contributed by atoms with van der Waals surface area (Å²) in [5.41, 5.74) is 7.42. The Morgan fingerprint density at radius 1 is 1.12 bits per heavy atom. The molecule has 0 bridgehead atoms. The second-order valence-electron chi connectivity index (χ2n) is 7.84. The highest BCUT2D eigenvalue weighted by atomic mass is 35.5. The predicted octanol–water partition coefficient (Wildman–Crippen LogP) is 4.01. The van der Waals surface area contributed by atoms with Gasteiger partial charge in [-0.3, -0.25) is 0 Å². The Labute approximate surface area is 193 Å². The van der Waals surface area contributed by atoms with Gasteiger partial charge in [0.05, 0.1) is 13.3 Å². The Balaban J connectivity index is 1.50. The molecule has 1 fully saturated rings. The van der Waals surface area contributed by atoms with Gasteiger partial charge >= 0.3 is 0 Å². The largest absolute Gasteiger partial charge is 0.495 e. The van der Waals surface area contributed by atoms with Crippen LogP contribution in [-0.2, 0) is 16.3 Å². The summed E-state index contributed by atoms with van der Waals surface area (Å²) in [6.07, 6.45) is 4.34. The Morgan fingerprint density at radius 3 is 2.50 bits per heavy atom. The van der Waals surface area contributed by atoms with Crippen LogP contribution in [0.25, 0.3) is 0 Å². The Bertz CT molecular complexity index is 1200. The maximum Gasteiger partial charge on any atom is 0.227 e. The molecule has 2 N–H and O–H groups in total. The standard InChI is InChI=1S/C23H25ClN4O3S/c1-31-19-8-7-18(24)14-20(19)32(29,30)21-15-26-23(27-22(21)25)28-11-9-17(10-12-28)13-16-5-3-2-4-6-16/h2-8,14-15,17H,9-13H2,1H3,(H2,25,26,27). The average Bonchev–Trinajstić information content (AvgIpc) is 2.80. The van der Waals surface area contributed by atoms with Crippen LogP contribution in [0.2, 0.25) is 5.02 Å². The summed E-state index contributed by atoms with van der Waals surface area (Å²) in [5, 5.41) is 0.277. The molecule has 1 aliphatic rings. The molecule has 1 saturated heterocycles. The topological polar surface area (TPSA) is 98.4 Å². The fraction of sp³-hybridized carbons (Fsp3) is 0.304. The lowest BCUT2D eigenvalue weighted by Gasteiger charge is -2.32. The van der Waals surface area contributed by atoms with Crippen molar-refractivity contribution in [2.24, 2.45) is 5.92 Å². The molecule has 1 aromatic heterocycles. The lowest BCUT2D eigenvalue weighted by molar-refractivity contribution is 0.400. The van der Waals surface area contributed by atoms with Crippen LogP contribution >= 0.6 is 11.6 Å². The average molecular weight is 473 g/mol. The van der Waals surface area contributed by atoms with Crippen molar-refractivity contribution in [1.29, 1.82) is 0 Å². The molecule has 0 atom stereocenters. The van der Waals surface area contributed by atoms with Gasteiger partial charge in [0.1, 0.15) is 21.4 Å². The van der Waals surface area contributed by atoms with Gasteiger partial charge in [-0.15, -0.1) is 0 Å². The number of nitrogens with two attached hydrogens (primary N) is 1. The number of hydrogen-bond acceptors (Lipinski definition) is 7. The monoisotopic (exact) mass is 472 g/mol. The van der Waals surface area contributed by atoms with Crippen molar-refractivity contribution >= 4 is 33.2 Å². The summed E-state index contributed by atoms with van der Waals surface area (Å²) in [6, 6.07) is 14.9. The lowest BCUT2D eigenvalue weighted by atomic mass is 9.90. The molecule has 2 aromatic carbocycles. The second kappa shape index (κ2) is 9.34. The molecule has 0 aliphatic carbocycles. The van der Waals surface area contributed by atoms with E-state index in [0.717, 1.165) is 32.4 Å². The zero-order chi connectivity index (χ0) is 22.7. The summed E-state index contributed by atoms with van der Waals surface area (Å²) in [6.45, 7) is 1.59. The van der Waals surface area contributed by atoms with Gasteiger partial charge in [0, 0.05) is 18.1 Å². The van der Waals surface area contributed by atoms with Gasteiger partial charge in [-0.05, 0) is 48.9 Å². The van der Waals surface area contributed by atoms with Crippen LogP contribution < -0.4 is 15.4 Å². The molecule has 9 heteroatoms. The first-order valence-corrected chi connectivity index (χ1v) is 12.2. The zero-order valence-electron chi connectivity index (χ0n) is 17.7. The van der Waals surface area contributed by atoms with Gasteiger partial charge in [-0.2, -0.15) is 4.98 Å². The number of anilines is 2. The van der Waals surface area contributed by atoms with E-state index >= 15 is 0 Å². The van der Waals surface area contributed by atoms with Crippen molar-refractivity contribution < 1.29 is 13.2 Å². The highest BCUT2D eigenvalue weighted by Gasteiger charge is 2.28. The van der Waals surface area contributed by atoms with Crippen LogP contribution in [0.4, 0.5) is 11.8 Å². The smallest absolute Gasteiger partial charge is 0.227 e. The first-order chi connectivity index (χ1) is 15.4. The fourth-order valence-electron chi connectivity index (χ4n) is 4.00. The zero-order valence-corrected chi connectivity index (χ0v) is 19.3. The van der Waals surface area contributed by atoms with E-state index in [0.29, 0.717) is 11.9 Å². The molecule has 1 aliphatic heterocycles. The molecule has 0 radical (unpaired) electrons. The van der Waals surface area contributed by atoms with Crippen molar-refractivity contribution in [3.05, 3.63) is 65.3 Å². The summed E-state index contributed by atoms with van der Waals surface area (Å²) >= 11 is 6.01. The molecular weight excluding hydrogens is 448 g/mol. The second-order valence-corrected chi connectivity index (χ2v) is 10.2. The van der Waals surface area contributed by atoms with Crippen molar-refractivity contribution in [1.82, 2.24) is 9.97 Å². The number of hydrogen-bond donors (Lipinski definition) is 1. The number of ether oxygens (including phenoxy) is 1. The lowest BCUT2D eigenvalue weighted by Crippen LogP contribution is -2.35. The van der Waals surface area contributed by atoms with Crippen LogP contribution in [-0.4, -0.2) is 38.6 Å². The highest BCUT2D eigenvalue weighted by molar-refractivity contribution is 7.91. The fourth-order valence-corrected chi connectivity index (χ4v) is 5.68. The van der Waals surface area contributed by atoms with Crippen LogP contribution in [0.3, 0.4) is 0 Å². The van der Waals surface area contributed by atoms with Gasteiger partial charge in [-0.25, -0.2) is 13.4 Å².